The highest BCUT2D eigenvalue weighted by Crippen LogP contribution is 2.34. The number of likely N-dealkylation sites (tertiary alicyclic amines) is 1. The topological polar surface area (TPSA) is 49.9 Å². The maximum Gasteiger partial charge on any atom is 0.243 e. The molecule has 5 nitrogen and oxygen atoms in total. The highest BCUT2D eigenvalue weighted by molar-refractivity contribution is 7.89. The van der Waals surface area contributed by atoms with E-state index >= 15 is 0 Å². The van der Waals surface area contributed by atoms with Crippen molar-refractivity contribution in [2.75, 3.05) is 46.4 Å². The molecular weight excluding hydrogens is 307 g/mol. The number of ether oxygens (including phenoxy) is 1. The van der Waals surface area contributed by atoms with Crippen LogP contribution in [0.5, 0.6) is 0 Å². The first-order valence-electron chi connectivity index (χ1n) is 7.43. The molecule has 2 aliphatic rings. The van der Waals surface area contributed by atoms with Crippen LogP contribution in [-0.2, 0) is 14.8 Å². The van der Waals surface area contributed by atoms with Gasteiger partial charge < -0.3 is 9.64 Å². The van der Waals surface area contributed by atoms with E-state index in [1.807, 2.05) is 7.05 Å². The summed E-state index contributed by atoms with van der Waals surface area (Å²) in [4.78, 5) is 2.34. The normalized spacial score (nSPS) is 28.1. The summed E-state index contributed by atoms with van der Waals surface area (Å²) in [6.07, 6.45) is 0.930. The highest BCUT2D eigenvalue weighted by atomic mass is 32.2. The molecule has 1 spiro atoms. The summed E-state index contributed by atoms with van der Waals surface area (Å²) in [5.41, 5.74) is -0.141. The molecule has 0 aromatic heterocycles. The lowest BCUT2D eigenvalue weighted by molar-refractivity contribution is 0.0744. The van der Waals surface area contributed by atoms with Crippen LogP contribution in [0.15, 0.2) is 29.2 Å². The number of halogens is 1. The van der Waals surface area contributed by atoms with Crippen molar-refractivity contribution in [3.05, 3.63) is 30.1 Å². The predicted molar refractivity (Wildman–Crippen MR) is 80.5 cm³/mol. The third-order valence-corrected chi connectivity index (χ3v) is 6.35. The average Bonchev–Trinajstić information content (AvgIpc) is 2.70. The van der Waals surface area contributed by atoms with E-state index in [-0.39, 0.29) is 10.3 Å². The zero-order chi connectivity index (χ0) is 15.8. The van der Waals surface area contributed by atoms with E-state index in [0.717, 1.165) is 19.5 Å². The van der Waals surface area contributed by atoms with Gasteiger partial charge in [-0.2, -0.15) is 4.31 Å². The first kappa shape index (κ1) is 15.9. The summed E-state index contributed by atoms with van der Waals surface area (Å²) in [6.45, 7) is 3.57. The molecule has 2 saturated heterocycles. The summed E-state index contributed by atoms with van der Waals surface area (Å²) in [7, 11) is -1.57. The average molecular weight is 328 g/mol. The monoisotopic (exact) mass is 328 g/mol. The van der Waals surface area contributed by atoms with Crippen LogP contribution in [0, 0.1) is 11.2 Å². The molecule has 0 N–H and O–H groups in total. The van der Waals surface area contributed by atoms with E-state index in [1.165, 1.54) is 28.6 Å². The highest BCUT2D eigenvalue weighted by Gasteiger charge is 2.42. The Kier molecular flexibility index (Phi) is 4.24. The van der Waals surface area contributed by atoms with Crippen molar-refractivity contribution < 1.29 is 17.5 Å². The summed E-state index contributed by atoms with van der Waals surface area (Å²) >= 11 is 0. The molecule has 2 fully saturated rings. The lowest BCUT2D eigenvalue weighted by atomic mass is 9.88. The Hall–Kier alpha value is -1.02. The third kappa shape index (κ3) is 3.03. The fourth-order valence-electron chi connectivity index (χ4n) is 3.32. The van der Waals surface area contributed by atoms with Crippen LogP contribution in [0.25, 0.3) is 0 Å². The molecule has 7 heteroatoms. The van der Waals surface area contributed by atoms with Gasteiger partial charge in [-0.05, 0) is 44.3 Å². The van der Waals surface area contributed by atoms with Crippen LogP contribution in [-0.4, -0.2) is 64.1 Å². The molecular formula is C15H21FN2O3S. The van der Waals surface area contributed by atoms with Crippen LogP contribution in [0.1, 0.15) is 6.42 Å². The smallest absolute Gasteiger partial charge is 0.243 e. The Balaban J connectivity index is 1.87. The van der Waals surface area contributed by atoms with Crippen molar-refractivity contribution in [1.29, 1.82) is 0 Å². The van der Waals surface area contributed by atoms with Gasteiger partial charge in [0.25, 0.3) is 0 Å². The molecule has 122 valence electrons. The minimum absolute atomic E-state index is 0.136. The van der Waals surface area contributed by atoms with E-state index in [4.69, 9.17) is 4.74 Å². The maximum absolute atomic E-state index is 13.0. The van der Waals surface area contributed by atoms with Gasteiger partial charge in [-0.25, -0.2) is 12.8 Å². The van der Waals surface area contributed by atoms with Crippen molar-refractivity contribution in [3.8, 4) is 0 Å². The van der Waals surface area contributed by atoms with Crippen molar-refractivity contribution in [2.24, 2.45) is 5.41 Å². The second kappa shape index (κ2) is 5.88. The van der Waals surface area contributed by atoms with Crippen LogP contribution in [0.2, 0.25) is 0 Å². The molecule has 0 unspecified atom stereocenters. The van der Waals surface area contributed by atoms with Gasteiger partial charge in [-0.15, -0.1) is 0 Å². The number of sulfonamides is 1. The Bertz CT molecular complexity index is 635. The van der Waals surface area contributed by atoms with Crippen LogP contribution < -0.4 is 0 Å². The third-order valence-electron chi connectivity index (χ3n) is 4.49. The standard InChI is InChI=1S/C15H21FN2O3S/c1-17-7-6-15(10-17)11-18(8-9-21-12-15)22(19,20)14-4-2-13(16)3-5-14/h2-5H,6-12H2,1H3/t15-/m0/s1. The second-order valence-electron chi connectivity index (χ2n) is 6.33. The molecule has 2 heterocycles. The fourth-order valence-corrected chi connectivity index (χ4v) is 4.86. The molecule has 0 saturated carbocycles. The van der Waals surface area contributed by atoms with Gasteiger partial charge in [0.2, 0.25) is 10.0 Å². The molecule has 1 aromatic carbocycles. The van der Waals surface area contributed by atoms with Gasteiger partial charge in [0, 0.05) is 25.0 Å². The molecule has 0 amide bonds. The van der Waals surface area contributed by atoms with Crippen molar-refractivity contribution in [3.63, 3.8) is 0 Å². The fraction of sp³-hybridized carbons (Fsp3) is 0.600. The number of nitrogens with zero attached hydrogens (tertiary/aromatic N) is 2. The SMILES string of the molecule is CN1CC[C@]2(COCCN(S(=O)(=O)c3ccc(F)cc3)C2)C1. The minimum Gasteiger partial charge on any atom is -0.379 e. The van der Waals surface area contributed by atoms with Crippen molar-refractivity contribution in [1.82, 2.24) is 9.21 Å². The number of hydrogen-bond acceptors (Lipinski definition) is 4. The molecule has 22 heavy (non-hydrogen) atoms. The first-order valence-corrected chi connectivity index (χ1v) is 8.87. The van der Waals surface area contributed by atoms with Gasteiger partial charge >= 0.3 is 0 Å². The molecule has 1 atom stereocenters. The summed E-state index contributed by atoms with van der Waals surface area (Å²) in [5, 5.41) is 0. The largest absolute Gasteiger partial charge is 0.379 e. The summed E-state index contributed by atoms with van der Waals surface area (Å²) < 4.78 is 45.8. The molecule has 0 bridgehead atoms. The van der Waals surface area contributed by atoms with Crippen LogP contribution >= 0.6 is 0 Å². The van der Waals surface area contributed by atoms with E-state index < -0.39 is 15.8 Å². The maximum atomic E-state index is 13.0. The number of rotatable bonds is 2. The lowest BCUT2D eigenvalue weighted by Gasteiger charge is -2.31. The Labute approximate surface area is 130 Å². The summed E-state index contributed by atoms with van der Waals surface area (Å²) in [6, 6.07) is 5.01. The number of benzene rings is 1. The number of hydrogen-bond donors (Lipinski definition) is 0. The van der Waals surface area contributed by atoms with Gasteiger partial charge in [0.1, 0.15) is 5.82 Å². The van der Waals surface area contributed by atoms with Gasteiger partial charge in [0.05, 0.1) is 18.1 Å². The lowest BCUT2D eigenvalue weighted by Crippen LogP contribution is -2.43. The second-order valence-corrected chi connectivity index (χ2v) is 8.27. The van der Waals surface area contributed by atoms with Crippen molar-refractivity contribution in [2.45, 2.75) is 11.3 Å². The predicted octanol–water partition coefficient (Wildman–Crippen LogP) is 1.17. The van der Waals surface area contributed by atoms with Gasteiger partial charge in [0.15, 0.2) is 0 Å². The van der Waals surface area contributed by atoms with Gasteiger partial charge in [-0.1, -0.05) is 0 Å². The molecule has 0 aliphatic carbocycles. The van der Waals surface area contributed by atoms with E-state index in [2.05, 4.69) is 4.90 Å². The van der Waals surface area contributed by atoms with Crippen molar-refractivity contribution >= 4 is 10.0 Å². The zero-order valence-corrected chi connectivity index (χ0v) is 13.5. The molecule has 3 rings (SSSR count). The minimum atomic E-state index is -3.61. The van der Waals surface area contributed by atoms with Crippen LogP contribution in [0.4, 0.5) is 4.39 Å². The Morgan fingerprint density at radius 3 is 2.55 bits per heavy atom. The van der Waals surface area contributed by atoms with Gasteiger partial charge in [-0.3, -0.25) is 0 Å². The molecule has 0 radical (unpaired) electrons. The van der Waals surface area contributed by atoms with Crippen LogP contribution in [0.3, 0.4) is 0 Å². The quantitative estimate of drug-likeness (QED) is 0.818. The first-order chi connectivity index (χ1) is 10.4. The summed E-state index contributed by atoms with van der Waals surface area (Å²) in [5.74, 6) is -0.438. The Morgan fingerprint density at radius 1 is 1.18 bits per heavy atom. The molecule has 1 aromatic rings. The molecule has 2 aliphatic heterocycles. The van der Waals surface area contributed by atoms with E-state index in [9.17, 15) is 12.8 Å². The zero-order valence-electron chi connectivity index (χ0n) is 12.7. The van der Waals surface area contributed by atoms with E-state index in [0.29, 0.717) is 26.3 Å². The van der Waals surface area contributed by atoms with E-state index in [1.54, 1.807) is 0 Å². The Morgan fingerprint density at radius 2 is 1.91 bits per heavy atom.